The van der Waals surface area contributed by atoms with Crippen molar-refractivity contribution in [1.82, 2.24) is 9.62 Å². The van der Waals surface area contributed by atoms with Crippen molar-refractivity contribution in [3.63, 3.8) is 0 Å². The summed E-state index contributed by atoms with van der Waals surface area (Å²) in [5.74, 6) is 0.197. The summed E-state index contributed by atoms with van der Waals surface area (Å²) in [6.45, 7) is 4.07. The van der Waals surface area contributed by atoms with E-state index in [1.54, 1.807) is 12.1 Å². The Morgan fingerprint density at radius 3 is 2.63 bits per heavy atom. The quantitative estimate of drug-likeness (QED) is 0.741. The van der Waals surface area contributed by atoms with E-state index in [1.807, 2.05) is 6.92 Å². The minimum absolute atomic E-state index is 0. The van der Waals surface area contributed by atoms with Crippen LogP contribution in [0.4, 0.5) is 5.69 Å². The van der Waals surface area contributed by atoms with Crippen LogP contribution in [0.1, 0.15) is 39.0 Å². The van der Waals surface area contributed by atoms with Gasteiger partial charge in [0.1, 0.15) is 10.6 Å². The molecule has 0 aliphatic carbocycles. The molecule has 152 valence electrons. The van der Waals surface area contributed by atoms with E-state index in [9.17, 15) is 13.2 Å². The van der Waals surface area contributed by atoms with Crippen LogP contribution in [0.3, 0.4) is 0 Å². The Hall–Kier alpha value is -1.35. The van der Waals surface area contributed by atoms with Crippen LogP contribution in [0.25, 0.3) is 0 Å². The minimum Gasteiger partial charge on any atom is -0.492 e. The first-order chi connectivity index (χ1) is 12.5. The highest BCUT2D eigenvalue weighted by Crippen LogP contribution is 2.31. The summed E-state index contributed by atoms with van der Waals surface area (Å²) in [5.41, 5.74) is 0.475. The summed E-state index contributed by atoms with van der Waals surface area (Å²) >= 11 is 0. The number of ether oxygens (including phenoxy) is 1. The number of nitrogens with zero attached hydrogens (tertiary/aromatic N) is 1. The molecule has 0 spiro atoms. The molecule has 0 saturated carbocycles. The highest BCUT2D eigenvalue weighted by molar-refractivity contribution is 7.89. The van der Waals surface area contributed by atoms with Crippen molar-refractivity contribution in [2.75, 3.05) is 31.6 Å². The summed E-state index contributed by atoms with van der Waals surface area (Å²) in [5, 5.41) is 5.97. The third-order valence-electron chi connectivity index (χ3n) is 4.82. The molecule has 0 bridgehead atoms. The maximum Gasteiger partial charge on any atom is 0.246 e. The lowest BCUT2D eigenvalue weighted by Crippen LogP contribution is -2.36. The maximum absolute atomic E-state index is 13.1. The van der Waals surface area contributed by atoms with Gasteiger partial charge >= 0.3 is 0 Å². The molecule has 2 aliphatic rings. The van der Waals surface area contributed by atoms with Crippen molar-refractivity contribution in [2.45, 2.75) is 50.0 Å². The highest BCUT2D eigenvalue weighted by Gasteiger charge is 2.30. The summed E-state index contributed by atoms with van der Waals surface area (Å²) in [7, 11) is -3.65. The molecule has 1 aromatic carbocycles. The molecule has 27 heavy (non-hydrogen) atoms. The normalized spacial score (nSPS) is 20.7. The molecule has 3 rings (SSSR count). The SMILES string of the molecule is CCOc1ccc(NC(=O)C2CCCN2)cc1S(=O)(=O)N1CCCCC1.Cl. The van der Waals surface area contributed by atoms with Crippen molar-refractivity contribution in [3.8, 4) is 5.75 Å². The molecule has 1 unspecified atom stereocenters. The monoisotopic (exact) mass is 417 g/mol. The number of carbonyl (C=O) groups is 1. The number of amides is 1. The Morgan fingerprint density at radius 1 is 1.26 bits per heavy atom. The molecule has 0 aromatic heterocycles. The lowest BCUT2D eigenvalue weighted by atomic mass is 10.2. The molecule has 2 N–H and O–H groups in total. The number of sulfonamides is 1. The molecule has 2 saturated heterocycles. The topological polar surface area (TPSA) is 87.7 Å². The second-order valence-corrected chi connectivity index (χ2v) is 8.60. The van der Waals surface area contributed by atoms with Gasteiger partial charge in [-0.1, -0.05) is 6.42 Å². The van der Waals surface area contributed by atoms with Gasteiger partial charge in [-0.15, -0.1) is 12.4 Å². The number of anilines is 1. The van der Waals surface area contributed by atoms with E-state index >= 15 is 0 Å². The standard InChI is InChI=1S/C18H27N3O4S.ClH/c1-2-25-16-9-8-14(20-18(22)15-7-6-10-19-15)13-17(16)26(23,24)21-11-4-3-5-12-21;/h8-9,13,15,19H,2-7,10-12H2,1H3,(H,20,22);1H. The van der Waals surface area contributed by atoms with E-state index in [2.05, 4.69) is 10.6 Å². The first-order valence-corrected chi connectivity index (χ1v) is 10.8. The number of carbonyl (C=O) groups excluding carboxylic acids is 1. The molecule has 1 atom stereocenters. The Balaban J connectivity index is 0.00000261. The summed E-state index contributed by atoms with van der Waals surface area (Å²) in [4.78, 5) is 12.4. The van der Waals surface area contributed by atoms with Gasteiger partial charge in [0.05, 0.1) is 12.6 Å². The Bertz CT molecular complexity index is 745. The maximum atomic E-state index is 13.1. The molecule has 1 amide bonds. The van der Waals surface area contributed by atoms with Crippen LogP contribution in [0.15, 0.2) is 23.1 Å². The lowest BCUT2D eigenvalue weighted by molar-refractivity contribution is -0.117. The number of hydrogen-bond donors (Lipinski definition) is 2. The van der Waals surface area contributed by atoms with Gasteiger partial charge in [-0.3, -0.25) is 4.79 Å². The lowest BCUT2D eigenvalue weighted by Gasteiger charge is -2.27. The van der Waals surface area contributed by atoms with E-state index in [4.69, 9.17) is 4.74 Å². The number of benzene rings is 1. The molecule has 2 heterocycles. The predicted octanol–water partition coefficient (Wildman–Crippen LogP) is 2.37. The number of piperidine rings is 1. The van der Waals surface area contributed by atoms with Crippen LogP contribution < -0.4 is 15.4 Å². The van der Waals surface area contributed by atoms with Crippen LogP contribution in [0.2, 0.25) is 0 Å². The molecule has 1 aromatic rings. The first kappa shape index (κ1) is 21.9. The van der Waals surface area contributed by atoms with Crippen molar-refractivity contribution in [1.29, 1.82) is 0 Å². The van der Waals surface area contributed by atoms with Gasteiger partial charge in [0.15, 0.2) is 0 Å². The van der Waals surface area contributed by atoms with Gasteiger partial charge in [0, 0.05) is 18.8 Å². The first-order valence-electron chi connectivity index (χ1n) is 9.33. The second-order valence-electron chi connectivity index (χ2n) is 6.70. The fourth-order valence-corrected chi connectivity index (χ4v) is 5.12. The van der Waals surface area contributed by atoms with Gasteiger partial charge in [-0.2, -0.15) is 4.31 Å². The van der Waals surface area contributed by atoms with E-state index < -0.39 is 10.0 Å². The smallest absolute Gasteiger partial charge is 0.246 e. The summed E-state index contributed by atoms with van der Waals surface area (Å²) < 4.78 is 33.3. The van der Waals surface area contributed by atoms with E-state index in [1.165, 1.54) is 10.4 Å². The van der Waals surface area contributed by atoms with Gasteiger partial charge in [-0.05, 0) is 57.4 Å². The van der Waals surface area contributed by atoms with Crippen LogP contribution in [-0.4, -0.2) is 50.9 Å². The molecule has 0 radical (unpaired) electrons. The van der Waals surface area contributed by atoms with Crippen LogP contribution in [-0.2, 0) is 14.8 Å². The Labute approximate surface area is 167 Å². The Morgan fingerprint density at radius 2 is 2.00 bits per heavy atom. The molecule has 9 heteroatoms. The van der Waals surface area contributed by atoms with E-state index in [0.29, 0.717) is 31.1 Å². The average molecular weight is 418 g/mol. The average Bonchev–Trinajstić information content (AvgIpc) is 3.19. The largest absolute Gasteiger partial charge is 0.492 e. The molecule has 7 nitrogen and oxygen atoms in total. The molecule has 2 aliphatic heterocycles. The van der Waals surface area contributed by atoms with Crippen molar-refractivity contribution < 1.29 is 17.9 Å². The second kappa shape index (κ2) is 9.73. The minimum atomic E-state index is -3.65. The predicted molar refractivity (Wildman–Crippen MR) is 107 cm³/mol. The highest BCUT2D eigenvalue weighted by atomic mass is 35.5. The zero-order chi connectivity index (χ0) is 18.6. The van der Waals surface area contributed by atoms with Gasteiger partial charge in [-0.25, -0.2) is 8.42 Å². The summed E-state index contributed by atoms with van der Waals surface area (Å²) in [6.07, 6.45) is 4.55. The van der Waals surface area contributed by atoms with Gasteiger partial charge in [0.25, 0.3) is 0 Å². The van der Waals surface area contributed by atoms with Crippen molar-refractivity contribution in [3.05, 3.63) is 18.2 Å². The third kappa shape index (κ3) is 5.13. The van der Waals surface area contributed by atoms with Crippen molar-refractivity contribution in [2.24, 2.45) is 0 Å². The number of nitrogens with one attached hydrogen (secondary N) is 2. The van der Waals surface area contributed by atoms with E-state index in [-0.39, 0.29) is 29.3 Å². The van der Waals surface area contributed by atoms with E-state index in [0.717, 1.165) is 38.6 Å². The van der Waals surface area contributed by atoms with Gasteiger partial charge in [0.2, 0.25) is 15.9 Å². The van der Waals surface area contributed by atoms with Crippen molar-refractivity contribution >= 4 is 34.0 Å². The van der Waals surface area contributed by atoms with Gasteiger partial charge < -0.3 is 15.4 Å². The third-order valence-corrected chi connectivity index (χ3v) is 6.74. The van der Waals surface area contributed by atoms with Crippen LogP contribution in [0, 0.1) is 0 Å². The number of halogens is 1. The zero-order valence-corrected chi connectivity index (χ0v) is 17.2. The fourth-order valence-electron chi connectivity index (χ4n) is 3.44. The molecular weight excluding hydrogens is 390 g/mol. The molecular formula is C18H28ClN3O4S. The zero-order valence-electron chi connectivity index (χ0n) is 15.6. The van der Waals surface area contributed by atoms with Crippen LogP contribution in [0.5, 0.6) is 5.75 Å². The number of rotatable bonds is 6. The number of hydrogen-bond acceptors (Lipinski definition) is 5. The Kier molecular flexibility index (Phi) is 7.91. The molecule has 2 fully saturated rings. The van der Waals surface area contributed by atoms with Crippen LogP contribution >= 0.6 is 12.4 Å². The summed E-state index contributed by atoms with van der Waals surface area (Å²) in [6, 6.07) is 4.61. The fraction of sp³-hybridized carbons (Fsp3) is 0.611.